The Morgan fingerprint density at radius 3 is 2.54 bits per heavy atom. The molecule has 0 saturated carbocycles. The second-order valence-electron chi connectivity index (χ2n) is 8.04. The van der Waals surface area contributed by atoms with E-state index in [1.54, 1.807) is 30.0 Å². The summed E-state index contributed by atoms with van der Waals surface area (Å²) >= 11 is 0. The zero-order chi connectivity index (χ0) is 25.1. The molecular formula is C23H25FN8O3. The van der Waals surface area contributed by atoms with Gasteiger partial charge in [-0.05, 0) is 19.1 Å². The number of halogens is 1. The number of nitrogens with zero attached hydrogens (tertiary/aromatic N) is 6. The molecule has 1 aliphatic heterocycles. The number of nitrogens with two attached hydrogens (primary N) is 1. The standard InChI is InChI=1S/C23H25FN8O3/c1-13-12-31(14(2)33)7-8-32(13)23-28-11-17(20(25)34)22(30-23)29-18-6-4-5-16(19(18)35-3)21-26-9-15(24)10-27-21/h4-6,9-11,13H,7-8,12H2,1-3H3,(H2,25,34)(H,28,29,30). The summed E-state index contributed by atoms with van der Waals surface area (Å²) in [5.74, 6) is -0.0171. The van der Waals surface area contributed by atoms with Crippen molar-refractivity contribution in [1.29, 1.82) is 0 Å². The highest BCUT2D eigenvalue weighted by molar-refractivity contribution is 5.98. The van der Waals surface area contributed by atoms with E-state index in [2.05, 4.69) is 25.3 Å². The number of rotatable bonds is 6. The van der Waals surface area contributed by atoms with Crippen LogP contribution in [0.5, 0.6) is 5.75 Å². The minimum Gasteiger partial charge on any atom is -0.494 e. The maximum atomic E-state index is 13.3. The van der Waals surface area contributed by atoms with Gasteiger partial charge in [0.1, 0.15) is 11.4 Å². The third-order valence-electron chi connectivity index (χ3n) is 5.70. The largest absolute Gasteiger partial charge is 0.494 e. The van der Waals surface area contributed by atoms with Crippen LogP contribution < -0.4 is 20.7 Å². The Morgan fingerprint density at radius 1 is 1.17 bits per heavy atom. The highest BCUT2D eigenvalue weighted by Crippen LogP contribution is 2.36. The van der Waals surface area contributed by atoms with Crippen molar-refractivity contribution in [1.82, 2.24) is 24.8 Å². The van der Waals surface area contributed by atoms with Crippen LogP contribution in [-0.2, 0) is 4.79 Å². The number of hydrogen-bond donors (Lipinski definition) is 2. The van der Waals surface area contributed by atoms with Crippen LogP contribution in [0.4, 0.5) is 21.8 Å². The number of carbonyl (C=O) groups excluding carboxylic acids is 2. The minimum absolute atomic E-state index is 0.0148. The molecule has 3 N–H and O–H groups in total. The topological polar surface area (TPSA) is 139 Å². The zero-order valence-corrected chi connectivity index (χ0v) is 19.5. The molecule has 11 nitrogen and oxygen atoms in total. The van der Waals surface area contributed by atoms with Crippen LogP contribution in [-0.4, -0.2) is 69.4 Å². The van der Waals surface area contributed by atoms with E-state index >= 15 is 0 Å². The Balaban J connectivity index is 1.70. The van der Waals surface area contributed by atoms with Gasteiger partial charge >= 0.3 is 0 Å². The molecule has 1 atom stereocenters. The SMILES string of the molecule is COc1c(Nc2nc(N3CCN(C(C)=O)CC3C)ncc2C(N)=O)cccc1-c1ncc(F)cn1. The summed E-state index contributed by atoms with van der Waals surface area (Å²) < 4.78 is 18.9. The number of para-hydroxylation sites is 1. The zero-order valence-electron chi connectivity index (χ0n) is 19.5. The first-order valence-electron chi connectivity index (χ1n) is 10.9. The van der Waals surface area contributed by atoms with E-state index in [1.807, 2.05) is 11.8 Å². The molecule has 2 amide bonds. The maximum Gasteiger partial charge on any atom is 0.254 e. The normalized spacial score (nSPS) is 15.6. The third kappa shape index (κ3) is 4.95. The number of hydrogen-bond acceptors (Lipinski definition) is 9. The Kier molecular flexibility index (Phi) is 6.71. The number of benzene rings is 1. The lowest BCUT2D eigenvalue weighted by molar-refractivity contribution is -0.129. The third-order valence-corrected chi connectivity index (χ3v) is 5.70. The number of amides is 2. The number of primary amides is 1. The molecule has 12 heteroatoms. The molecule has 3 heterocycles. The lowest BCUT2D eigenvalue weighted by Gasteiger charge is -2.39. The van der Waals surface area contributed by atoms with E-state index in [0.29, 0.717) is 42.6 Å². The van der Waals surface area contributed by atoms with Gasteiger partial charge in [0.25, 0.3) is 5.91 Å². The van der Waals surface area contributed by atoms with Gasteiger partial charge in [0.2, 0.25) is 11.9 Å². The average molecular weight is 481 g/mol. The summed E-state index contributed by atoms with van der Waals surface area (Å²) in [7, 11) is 1.48. The van der Waals surface area contributed by atoms with Gasteiger partial charge in [0.05, 0.1) is 30.8 Å². The van der Waals surface area contributed by atoms with Gasteiger partial charge in [-0.15, -0.1) is 0 Å². The first kappa shape index (κ1) is 23.8. The van der Waals surface area contributed by atoms with Gasteiger partial charge in [0, 0.05) is 38.8 Å². The van der Waals surface area contributed by atoms with Gasteiger partial charge in [-0.2, -0.15) is 4.98 Å². The van der Waals surface area contributed by atoms with Gasteiger partial charge in [-0.25, -0.2) is 19.3 Å². The maximum absolute atomic E-state index is 13.3. The fraction of sp³-hybridized carbons (Fsp3) is 0.304. The Morgan fingerprint density at radius 2 is 1.91 bits per heavy atom. The smallest absolute Gasteiger partial charge is 0.254 e. The molecule has 1 aliphatic rings. The number of anilines is 3. The van der Waals surface area contributed by atoms with Crippen molar-refractivity contribution in [3.8, 4) is 17.1 Å². The second-order valence-corrected chi connectivity index (χ2v) is 8.04. The van der Waals surface area contributed by atoms with Crippen molar-refractivity contribution in [2.75, 3.05) is 37.0 Å². The predicted molar refractivity (Wildman–Crippen MR) is 127 cm³/mol. The average Bonchev–Trinajstić information content (AvgIpc) is 2.84. The molecule has 1 fully saturated rings. The van der Waals surface area contributed by atoms with Crippen molar-refractivity contribution in [3.05, 3.63) is 48.2 Å². The second kappa shape index (κ2) is 9.87. The van der Waals surface area contributed by atoms with Crippen LogP contribution in [0.1, 0.15) is 24.2 Å². The van der Waals surface area contributed by atoms with Gasteiger partial charge in [-0.1, -0.05) is 6.07 Å². The van der Waals surface area contributed by atoms with Crippen molar-refractivity contribution in [2.24, 2.45) is 5.73 Å². The molecule has 0 aliphatic carbocycles. The van der Waals surface area contributed by atoms with E-state index in [1.165, 1.54) is 13.3 Å². The number of piperazine rings is 1. The van der Waals surface area contributed by atoms with Gasteiger partial charge in [-0.3, -0.25) is 9.59 Å². The molecular weight excluding hydrogens is 455 g/mol. The highest BCUT2D eigenvalue weighted by atomic mass is 19.1. The Labute approximate surface area is 201 Å². The first-order valence-corrected chi connectivity index (χ1v) is 10.9. The monoisotopic (exact) mass is 480 g/mol. The van der Waals surface area contributed by atoms with Crippen LogP contribution in [0.2, 0.25) is 0 Å². The van der Waals surface area contributed by atoms with Crippen LogP contribution >= 0.6 is 0 Å². The van der Waals surface area contributed by atoms with Gasteiger partial charge < -0.3 is 25.6 Å². The fourth-order valence-corrected chi connectivity index (χ4v) is 3.94. The molecule has 0 radical (unpaired) electrons. The lowest BCUT2D eigenvalue weighted by atomic mass is 10.1. The summed E-state index contributed by atoms with van der Waals surface area (Å²) in [4.78, 5) is 44.6. The molecule has 0 bridgehead atoms. The fourth-order valence-electron chi connectivity index (χ4n) is 3.94. The van der Waals surface area contributed by atoms with E-state index < -0.39 is 11.7 Å². The quantitative estimate of drug-likeness (QED) is 0.542. The molecule has 2 aromatic heterocycles. The molecule has 4 rings (SSSR count). The molecule has 0 spiro atoms. The summed E-state index contributed by atoms with van der Waals surface area (Å²) in [6.45, 7) is 5.13. The van der Waals surface area contributed by atoms with Crippen LogP contribution in [0, 0.1) is 5.82 Å². The molecule has 1 unspecified atom stereocenters. The van der Waals surface area contributed by atoms with E-state index in [0.717, 1.165) is 12.4 Å². The minimum atomic E-state index is -0.703. The van der Waals surface area contributed by atoms with E-state index in [9.17, 15) is 14.0 Å². The van der Waals surface area contributed by atoms with E-state index in [-0.39, 0.29) is 29.2 Å². The Bertz CT molecular complexity index is 1250. The number of carbonyl (C=O) groups is 2. The summed E-state index contributed by atoms with van der Waals surface area (Å²) in [6, 6.07) is 5.16. The Hall–Kier alpha value is -4.35. The lowest BCUT2D eigenvalue weighted by Crippen LogP contribution is -2.53. The number of aromatic nitrogens is 4. The van der Waals surface area contributed by atoms with Crippen molar-refractivity contribution in [2.45, 2.75) is 19.9 Å². The van der Waals surface area contributed by atoms with Crippen molar-refractivity contribution >= 4 is 29.3 Å². The van der Waals surface area contributed by atoms with Crippen LogP contribution in [0.3, 0.4) is 0 Å². The number of nitrogens with one attached hydrogen (secondary N) is 1. The molecule has 35 heavy (non-hydrogen) atoms. The van der Waals surface area contributed by atoms with Crippen molar-refractivity contribution in [3.63, 3.8) is 0 Å². The molecule has 182 valence electrons. The predicted octanol–water partition coefficient (Wildman–Crippen LogP) is 1.98. The molecule has 1 saturated heterocycles. The van der Waals surface area contributed by atoms with Gasteiger partial charge in [0.15, 0.2) is 17.4 Å². The number of methoxy groups -OCH3 is 1. The number of ether oxygens (including phenoxy) is 1. The van der Waals surface area contributed by atoms with Crippen LogP contribution in [0.15, 0.2) is 36.8 Å². The summed E-state index contributed by atoms with van der Waals surface area (Å²) in [6.07, 6.45) is 3.50. The molecule has 3 aromatic rings. The summed E-state index contributed by atoms with van der Waals surface area (Å²) in [5, 5.41) is 3.12. The summed E-state index contributed by atoms with van der Waals surface area (Å²) in [5.41, 5.74) is 6.66. The first-order chi connectivity index (χ1) is 16.8. The van der Waals surface area contributed by atoms with Crippen molar-refractivity contribution < 1.29 is 18.7 Å². The highest BCUT2D eigenvalue weighted by Gasteiger charge is 2.28. The van der Waals surface area contributed by atoms with Crippen LogP contribution in [0.25, 0.3) is 11.4 Å². The van der Waals surface area contributed by atoms with E-state index in [4.69, 9.17) is 10.5 Å². The molecule has 1 aromatic carbocycles.